The fourth-order valence-electron chi connectivity index (χ4n) is 3.94. The number of hydrogen-bond donors (Lipinski definition) is 1. The number of para-hydroxylation sites is 1. The monoisotopic (exact) mass is 359 g/mol. The minimum Gasteiger partial charge on any atom is -0.371 e. The lowest BCUT2D eigenvalue weighted by Gasteiger charge is -2.19. The van der Waals surface area contributed by atoms with Gasteiger partial charge in [-0.15, -0.1) is 0 Å². The third-order valence-corrected chi connectivity index (χ3v) is 5.37. The third-order valence-electron chi connectivity index (χ3n) is 5.37. The molecule has 0 spiro atoms. The highest BCUT2D eigenvalue weighted by Gasteiger charge is 2.18. The van der Waals surface area contributed by atoms with Crippen molar-refractivity contribution < 1.29 is 4.79 Å². The van der Waals surface area contributed by atoms with Gasteiger partial charge < -0.3 is 10.2 Å². The average Bonchev–Trinajstić information content (AvgIpc) is 3.22. The molecule has 4 nitrogen and oxygen atoms in total. The first-order valence-corrected chi connectivity index (χ1v) is 9.72. The minimum atomic E-state index is -0.0700. The van der Waals surface area contributed by atoms with Crippen LogP contribution in [-0.4, -0.2) is 24.0 Å². The van der Waals surface area contributed by atoms with Crippen LogP contribution in [0.5, 0.6) is 0 Å². The molecule has 1 aromatic heterocycles. The molecule has 0 radical (unpaired) electrons. The lowest BCUT2D eigenvalue weighted by Crippen LogP contribution is -2.19. The number of nitrogens with zero attached hydrogens (tertiary/aromatic N) is 2. The number of anilines is 2. The van der Waals surface area contributed by atoms with E-state index < -0.39 is 0 Å². The van der Waals surface area contributed by atoms with Gasteiger partial charge in [-0.25, -0.2) is 0 Å². The Morgan fingerprint density at radius 3 is 2.67 bits per heavy atom. The number of pyridine rings is 1. The Hall–Kier alpha value is -2.88. The molecule has 1 aliphatic rings. The average molecular weight is 359 g/mol. The molecule has 1 aliphatic heterocycles. The van der Waals surface area contributed by atoms with Crippen LogP contribution in [0.2, 0.25) is 0 Å². The van der Waals surface area contributed by atoms with Crippen LogP contribution >= 0.6 is 0 Å². The summed E-state index contributed by atoms with van der Waals surface area (Å²) in [6.07, 6.45) is 3.28. The summed E-state index contributed by atoms with van der Waals surface area (Å²) < 4.78 is 0. The Bertz CT molecular complexity index is 990. The topological polar surface area (TPSA) is 45.2 Å². The van der Waals surface area contributed by atoms with Crippen molar-refractivity contribution in [2.75, 3.05) is 23.3 Å². The lowest BCUT2D eigenvalue weighted by atomic mass is 9.99. The predicted octanol–water partition coefficient (Wildman–Crippen LogP) is 4.96. The molecule has 0 bridgehead atoms. The summed E-state index contributed by atoms with van der Waals surface area (Å²) in [6, 6.07) is 16.0. The normalized spacial score (nSPS) is 13.9. The van der Waals surface area contributed by atoms with Crippen LogP contribution in [0.3, 0.4) is 0 Å². The number of amides is 1. The summed E-state index contributed by atoms with van der Waals surface area (Å²) in [5.74, 6) is -0.0700. The first-order valence-electron chi connectivity index (χ1n) is 9.72. The van der Waals surface area contributed by atoms with Gasteiger partial charge in [-0.2, -0.15) is 0 Å². The molecule has 1 N–H and O–H groups in total. The van der Waals surface area contributed by atoms with E-state index >= 15 is 0 Å². The Balaban J connectivity index is 1.69. The molecule has 4 heteroatoms. The van der Waals surface area contributed by atoms with Crippen molar-refractivity contribution in [2.45, 2.75) is 33.1 Å². The van der Waals surface area contributed by atoms with Gasteiger partial charge in [0.25, 0.3) is 5.91 Å². The van der Waals surface area contributed by atoms with Gasteiger partial charge in [0.05, 0.1) is 11.1 Å². The van der Waals surface area contributed by atoms with Crippen LogP contribution in [-0.2, 0) is 6.42 Å². The van der Waals surface area contributed by atoms with Gasteiger partial charge >= 0.3 is 0 Å². The van der Waals surface area contributed by atoms with Crippen LogP contribution in [0.15, 0.2) is 48.5 Å². The van der Waals surface area contributed by atoms with Crippen molar-refractivity contribution in [3.8, 4) is 0 Å². The highest BCUT2D eigenvalue weighted by Crippen LogP contribution is 2.27. The number of carbonyl (C=O) groups is 1. The zero-order valence-electron chi connectivity index (χ0n) is 16.0. The molecule has 138 valence electrons. The van der Waals surface area contributed by atoms with Gasteiger partial charge in [0, 0.05) is 35.5 Å². The van der Waals surface area contributed by atoms with E-state index in [0.29, 0.717) is 0 Å². The number of benzene rings is 2. The number of carbonyl (C=O) groups excluding carboxylic acids is 1. The summed E-state index contributed by atoms with van der Waals surface area (Å²) in [5.41, 5.74) is 5.55. The van der Waals surface area contributed by atoms with Crippen molar-refractivity contribution in [1.82, 2.24) is 4.98 Å². The predicted molar refractivity (Wildman–Crippen MR) is 112 cm³/mol. The maximum atomic E-state index is 13.2. The Morgan fingerprint density at radius 1 is 1.11 bits per heavy atom. The highest BCUT2D eigenvalue weighted by molar-refractivity contribution is 6.13. The maximum Gasteiger partial charge on any atom is 0.256 e. The highest BCUT2D eigenvalue weighted by atomic mass is 16.1. The second-order valence-corrected chi connectivity index (χ2v) is 7.13. The van der Waals surface area contributed by atoms with E-state index in [2.05, 4.69) is 29.3 Å². The third kappa shape index (κ3) is 3.39. The number of rotatable bonds is 4. The summed E-state index contributed by atoms with van der Waals surface area (Å²) >= 11 is 0. The van der Waals surface area contributed by atoms with E-state index in [1.807, 2.05) is 43.3 Å². The first kappa shape index (κ1) is 17.5. The summed E-state index contributed by atoms with van der Waals surface area (Å²) in [5, 5.41) is 4.02. The number of aromatic nitrogens is 1. The van der Waals surface area contributed by atoms with Crippen LogP contribution in [0.4, 0.5) is 11.4 Å². The minimum absolute atomic E-state index is 0.0700. The van der Waals surface area contributed by atoms with E-state index in [-0.39, 0.29) is 5.91 Å². The van der Waals surface area contributed by atoms with Gasteiger partial charge in [0.1, 0.15) is 0 Å². The first-order chi connectivity index (χ1) is 13.2. The fraction of sp³-hybridized carbons (Fsp3) is 0.304. The Kier molecular flexibility index (Phi) is 4.80. The fourth-order valence-corrected chi connectivity index (χ4v) is 3.94. The van der Waals surface area contributed by atoms with Crippen LogP contribution < -0.4 is 10.2 Å². The quantitative estimate of drug-likeness (QED) is 0.716. The molecule has 1 saturated heterocycles. The van der Waals surface area contributed by atoms with Crippen LogP contribution in [0.25, 0.3) is 10.9 Å². The van der Waals surface area contributed by atoms with Gasteiger partial charge in [-0.1, -0.05) is 31.2 Å². The van der Waals surface area contributed by atoms with Crippen LogP contribution in [0.1, 0.15) is 41.4 Å². The van der Waals surface area contributed by atoms with Gasteiger partial charge in [0.2, 0.25) is 0 Å². The van der Waals surface area contributed by atoms with E-state index in [1.54, 1.807) is 0 Å². The molecule has 2 heterocycles. The summed E-state index contributed by atoms with van der Waals surface area (Å²) in [7, 11) is 0. The SMILES string of the molecule is CCc1nc2ccccc2c(C(=O)Nc2cccc(N3CCCC3)c2)c1C. The maximum absolute atomic E-state index is 13.2. The van der Waals surface area contributed by atoms with Crippen molar-refractivity contribution in [2.24, 2.45) is 0 Å². The van der Waals surface area contributed by atoms with E-state index in [1.165, 1.54) is 18.5 Å². The molecule has 27 heavy (non-hydrogen) atoms. The van der Waals surface area contributed by atoms with Crippen LogP contribution in [0, 0.1) is 6.92 Å². The van der Waals surface area contributed by atoms with Crippen molar-refractivity contribution in [3.63, 3.8) is 0 Å². The standard InChI is InChI=1S/C23H25N3O/c1-3-20-16(2)22(19-11-4-5-12-21(19)25-20)23(27)24-17-9-8-10-18(15-17)26-13-6-7-14-26/h4-5,8-12,15H,3,6-7,13-14H2,1-2H3,(H,24,27). The summed E-state index contributed by atoms with van der Waals surface area (Å²) in [6.45, 7) is 6.25. The van der Waals surface area contributed by atoms with Gasteiger partial charge in [-0.05, 0) is 56.0 Å². The molecule has 0 atom stereocenters. The molecule has 4 rings (SSSR count). The summed E-state index contributed by atoms with van der Waals surface area (Å²) in [4.78, 5) is 20.3. The Morgan fingerprint density at radius 2 is 1.89 bits per heavy atom. The lowest BCUT2D eigenvalue weighted by molar-refractivity contribution is 0.102. The molecule has 3 aromatic rings. The van der Waals surface area contributed by atoms with Crippen molar-refractivity contribution in [1.29, 1.82) is 0 Å². The number of aryl methyl sites for hydroxylation is 1. The molecule has 0 aliphatic carbocycles. The Labute approximate surface area is 160 Å². The zero-order valence-corrected chi connectivity index (χ0v) is 16.0. The van der Waals surface area contributed by atoms with Crippen molar-refractivity contribution in [3.05, 3.63) is 65.4 Å². The molecular weight excluding hydrogens is 334 g/mol. The molecule has 0 unspecified atom stereocenters. The van der Waals surface area contributed by atoms with Crippen molar-refractivity contribution >= 4 is 28.2 Å². The largest absolute Gasteiger partial charge is 0.371 e. The molecule has 1 fully saturated rings. The smallest absolute Gasteiger partial charge is 0.256 e. The number of hydrogen-bond acceptors (Lipinski definition) is 3. The van der Waals surface area contributed by atoms with E-state index in [0.717, 1.165) is 52.9 Å². The number of fused-ring (bicyclic) bond motifs is 1. The van der Waals surface area contributed by atoms with Gasteiger partial charge in [-0.3, -0.25) is 9.78 Å². The molecule has 0 saturated carbocycles. The molecular formula is C23H25N3O. The van der Waals surface area contributed by atoms with E-state index in [4.69, 9.17) is 4.98 Å². The molecule has 1 amide bonds. The second-order valence-electron chi connectivity index (χ2n) is 7.13. The van der Waals surface area contributed by atoms with Gasteiger partial charge in [0.15, 0.2) is 0 Å². The van der Waals surface area contributed by atoms with E-state index in [9.17, 15) is 4.79 Å². The zero-order chi connectivity index (χ0) is 18.8. The second kappa shape index (κ2) is 7.39. The number of nitrogens with one attached hydrogen (secondary N) is 1. The molecule has 2 aromatic carbocycles.